The number of carboxylic acid groups (broad SMARTS) is 1. The minimum absolute atomic E-state index is 0.299. The van der Waals surface area contributed by atoms with E-state index in [0.29, 0.717) is 11.3 Å². The highest BCUT2D eigenvalue weighted by atomic mass is 79.9. The van der Waals surface area contributed by atoms with E-state index in [1.54, 1.807) is 12.1 Å². The molecular formula is C11H13BrO4. The lowest BCUT2D eigenvalue weighted by Gasteiger charge is -2.13. The minimum atomic E-state index is -1.53. The zero-order valence-corrected chi connectivity index (χ0v) is 10.6. The van der Waals surface area contributed by atoms with Crippen LogP contribution < -0.4 is 4.74 Å². The maximum atomic E-state index is 10.7. The number of aliphatic carboxylic acids is 1. The van der Waals surface area contributed by atoms with Crippen molar-refractivity contribution in [2.75, 3.05) is 7.11 Å². The monoisotopic (exact) mass is 288 g/mol. The third-order valence-electron chi connectivity index (χ3n) is 2.30. The highest BCUT2D eigenvalue weighted by Crippen LogP contribution is 2.31. The number of aliphatic hydroxyl groups excluding tert-OH is 1. The van der Waals surface area contributed by atoms with E-state index in [1.165, 1.54) is 7.11 Å². The Kier molecular flexibility index (Phi) is 4.32. The topological polar surface area (TPSA) is 66.8 Å². The third kappa shape index (κ3) is 2.54. The first-order valence-corrected chi connectivity index (χ1v) is 5.57. The Morgan fingerprint density at radius 2 is 2.19 bits per heavy atom. The zero-order valence-electron chi connectivity index (χ0n) is 9.03. The predicted molar refractivity (Wildman–Crippen MR) is 62.7 cm³/mol. The van der Waals surface area contributed by atoms with Crippen LogP contribution in [0.1, 0.15) is 24.2 Å². The smallest absolute Gasteiger partial charge is 0.337 e. The summed E-state index contributed by atoms with van der Waals surface area (Å²) in [6, 6.07) is 3.14. The highest BCUT2D eigenvalue weighted by molar-refractivity contribution is 9.10. The van der Waals surface area contributed by atoms with Crippen LogP contribution in [0, 0.1) is 0 Å². The Morgan fingerprint density at radius 3 is 2.62 bits per heavy atom. The van der Waals surface area contributed by atoms with E-state index in [0.717, 1.165) is 16.5 Å². The summed E-state index contributed by atoms with van der Waals surface area (Å²) < 4.78 is 5.89. The van der Waals surface area contributed by atoms with E-state index in [2.05, 4.69) is 15.9 Å². The Balaban J connectivity index is 3.25. The van der Waals surface area contributed by atoms with Crippen LogP contribution in [0.3, 0.4) is 0 Å². The number of methoxy groups -OCH3 is 1. The summed E-state index contributed by atoms with van der Waals surface area (Å²) in [5.74, 6) is -0.703. The molecule has 0 saturated carbocycles. The van der Waals surface area contributed by atoms with Gasteiger partial charge >= 0.3 is 5.97 Å². The number of hydrogen-bond acceptors (Lipinski definition) is 3. The predicted octanol–water partition coefficient (Wildman–Crippen LogP) is 2.14. The van der Waals surface area contributed by atoms with Crippen LogP contribution in [0.4, 0.5) is 0 Å². The molecule has 0 bridgehead atoms. The maximum absolute atomic E-state index is 10.7. The second-order valence-electron chi connectivity index (χ2n) is 3.28. The quantitative estimate of drug-likeness (QED) is 0.891. The molecule has 1 aromatic carbocycles. The van der Waals surface area contributed by atoms with Crippen LogP contribution in [-0.2, 0) is 11.2 Å². The number of ether oxygens (including phenoxy) is 1. The minimum Gasteiger partial charge on any atom is -0.496 e. The number of aliphatic hydroxyl groups is 1. The molecule has 1 rings (SSSR count). The average molecular weight is 289 g/mol. The van der Waals surface area contributed by atoms with E-state index in [4.69, 9.17) is 9.84 Å². The SMILES string of the molecule is CCc1c(Br)cc(C(O)C(=O)O)cc1OC. The molecule has 0 fully saturated rings. The van der Waals surface area contributed by atoms with Gasteiger partial charge in [-0.3, -0.25) is 0 Å². The first kappa shape index (κ1) is 13.0. The molecule has 0 aliphatic heterocycles. The molecule has 0 aromatic heterocycles. The van der Waals surface area contributed by atoms with Crippen LogP contribution in [-0.4, -0.2) is 23.3 Å². The molecule has 1 aromatic rings. The van der Waals surface area contributed by atoms with Gasteiger partial charge in [-0.1, -0.05) is 22.9 Å². The largest absolute Gasteiger partial charge is 0.496 e. The molecule has 4 nitrogen and oxygen atoms in total. The molecule has 0 heterocycles. The molecule has 0 radical (unpaired) electrons. The van der Waals surface area contributed by atoms with Crippen LogP contribution in [0.25, 0.3) is 0 Å². The Hall–Kier alpha value is -1.07. The van der Waals surface area contributed by atoms with E-state index in [1.807, 2.05) is 6.92 Å². The molecule has 0 saturated heterocycles. The summed E-state index contributed by atoms with van der Waals surface area (Å²) in [5.41, 5.74) is 1.25. The second-order valence-corrected chi connectivity index (χ2v) is 4.13. The number of halogens is 1. The van der Waals surface area contributed by atoms with Gasteiger partial charge in [-0.25, -0.2) is 4.79 Å². The van der Waals surface area contributed by atoms with Gasteiger partial charge in [0.2, 0.25) is 0 Å². The Morgan fingerprint density at radius 1 is 1.56 bits per heavy atom. The Bertz CT molecular complexity index is 403. The van der Waals surface area contributed by atoms with Crippen LogP contribution >= 0.6 is 15.9 Å². The van der Waals surface area contributed by atoms with E-state index < -0.39 is 12.1 Å². The van der Waals surface area contributed by atoms with Gasteiger partial charge in [-0.15, -0.1) is 0 Å². The molecule has 5 heteroatoms. The average Bonchev–Trinajstić information content (AvgIpc) is 2.26. The van der Waals surface area contributed by atoms with Gasteiger partial charge in [-0.2, -0.15) is 0 Å². The van der Waals surface area contributed by atoms with Crippen molar-refractivity contribution < 1.29 is 19.7 Å². The summed E-state index contributed by atoms with van der Waals surface area (Å²) in [5, 5.41) is 18.1. The first-order valence-electron chi connectivity index (χ1n) is 4.78. The normalized spacial score (nSPS) is 12.2. The van der Waals surface area contributed by atoms with Crippen LogP contribution in [0.15, 0.2) is 16.6 Å². The number of carbonyl (C=O) groups is 1. The lowest BCUT2D eigenvalue weighted by molar-refractivity contribution is -0.146. The fourth-order valence-electron chi connectivity index (χ4n) is 1.46. The molecule has 0 aliphatic rings. The van der Waals surface area contributed by atoms with Crippen molar-refractivity contribution in [1.29, 1.82) is 0 Å². The van der Waals surface area contributed by atoms with Crippen molar-refractivity contribution in [2.45, 2.75) is 19.4 Å². The maximum Gasteiger partial charge on any atom is 0.337 e. The molecule has 1 atom stereocenters. The van der Waals surface area contributed by atoms with Crippen LogP contribution in [0.2, 0.25) is 0 Å². The summed E-state index contributed by atoms with van der Waals surface area (Å²) in [7, 11) is 1.51. The van der Waals surface area contributed by atoms with Gasteiger partial charge < -0.3 is 14.9 Å². The summed E-state index contributed by atoms with van der Waals surface area (Å²) in [6.07, 6.45) is -0.774. The molecule has 0 spiro atoms. The molecule has 0 aliphatic carbocycles. The van der Waals surface area contributed by atoms with Crippen molar-refractivity contribution in [3.05, 3.63) is 27.7 Å². The number of benzene rings is 1. The third-order valence-corrected chi connectivity index (χ3v) is 3.01. The second kappa shape index (κ2) is 5.32. The van der Waals surface area contributed by atoms with Gasteiger partial charge in [0.1, 0.15) is 5.75 Å². The van der Waals surface area contributed by atoms with Gasteiger partial charge in [0, 0.05) is 10.0 Å². The number of hydrogen-bond donors (Lipinski definition) is 2. The van der Waals surface area contributed by atoms with Crippen molar-refractivity contribution >= 4 is 21.9 Å². The summed E-state index contributed by atoms with van der Waals surface area (Å²) >= 11 is 3.33. The van der Waals surface area contributed by atoms with Gasteiger partial charge in [0.15, 0.2) is 6.10 Å². The standard InChI is InChI=1S/C11H13BrO4/c1-3-7-8(12)4-6(5-9(7)16-2)10(13)11(14)15/h4-5,10,13H,3H2,1-2H3,(H,14,15). The number of carboxylic acids is 1. The van der Waals surface area contributed by atoms with Crippen molar-refractivity contribution in [2.24, 2.45) is 0 Å². The fourth-order valence-corrected chi connectivity index (χ4v) is 2.20. The highest BCUT2D eigenvalue weighted by Gasteiger charge is 2.19. The molecular weight excluding hydrogens is 276 g/mol. The van der Waals surface area contributed by atoms with Crippen LogP contribution in [0.5, 0.6) is 5.75 Å². The van der Waals surface area contributed by atoms with Gasteiger partial charge in [-0.05, 0) is 24.1 Å². The Labute approximate surface area is 102 Å². The number of rotatable bonds is 4. The summed E-state index contributed by atoms with van der Waals surface area (Å²) in [6.45, 7) is 1.97. The van der Waals surface area contributed by atoms with Gasteiger partial charge in [0.25, 0.3) is 0 Å². The zero-order chi connectivity index (χ0) is 12.3. The molecule has 16 heavy (non-hydrogen) atoms. The summed E-state index contributed by atoms with van der Waals surface area (Å²) in [4.78, 5) is 10.7. The van der Waals surface area contributed by atoms with Crippen molar-refractivity contribution in [3.8, 4) is 5.75 Å². The van der Waals surface area contributed by atoms with Gasteiger partial charge in [0.05, 0.1) is 7.11 Å². The lowest BCUT2D eigenvalue weighted by atomic mass is 10.0. The van der Waals surface area contributed by atoms with Crippen molar-refractivity contribution in [1.82, 2.24) is 0 Å². The molecule has 2 N–H and O–H groups in total. The van der Waals surface area contributed by atoms with E-state index in [-0.39, 0.29) is 0 Å². The van der Waals surface area contributed by atoms with E-state index in [9.17, 15) is 9.90 Å². The van der Waals surface area contributed by atoms with E-state index >= 15 is 0 Å². The molecule has 1 unspecified atom stereocenters. The molecule has 88 valence electrons. The fraction of sp³-hybridized carbons (Fsp3) is 0.364. The first-order chi connectivity index (χ1) is 7.51. The van der Waals surface area contributed by atoms with Crippen molar-refractivity contribution in [3.63, 3.8) is 0 Å². The lowest BCUT2D eigenvalue weighted by Crippen LogP contribution is -2.11. The molecule has 0 amide bonds.